The van der Waals surface area contributed by atoms with Crippen molar-refractivity contribution in [3.05, 3.63) is 38.0 Å². The van der Waals surface area contributed by atoms with Crippen LogP contribution in [-0.2, 0) is 0 Å². The minimum atomic E-state index is -0.446. The van der Waals surface area contributed by atoms with E-state index in [4.69, 9.17) is 11.5 Å². The van der Waals surface area contributed by atoms with Crippen molar-refractivity contribution in [2.75, 3.05) is 0 Å². The third kappa shape index (κ3) is 1.81. The second-order valence-corrected chi connectivity index (χ2v) is 4.16. The van der Waals surface area contributed by atoms with E-state index in [1.54, 1.807) is 6.08 Å². The van der Waals surface area contributed by atoms with Crippen LogP contribution in [0.3, 0.4) is 0 Å². The van der Waals surface area contributed by atoms with E-state index in [1.807, 2.05) is 12.2 Å². The minimum absolute atomic E-state index is 0.0285. The molecule has 4 atom stereocenters. The van der Waals surface area contributed by atoms with Crippen LogP contribution in [0.25, 0.3) is 0 Å². The zero-order valence-corrected chi connectivity index (χ0v) is 8.65. The topological polar surface area (TPSA) is 52.0 Å². The van der Waals surface area contributed by atoms with Crippen LogP contribution >= 0.6 is 0 Å². The number of rotatable bonds is 3. The maximum Gasteiger partial charge on any atom is 0.0496 e. The lowest BCUT2D eigenvalue weighted by atomic mass is 9.68. The normalized spacial score (nSPS) is 42.9. The van der Waals surface area contributed by atoms with E-state index in [1.165, 1.54) is 0 Å². The summed E-state index contributed by atoms with van der Waals surface area (Å²) in [4.78, 5) is 0. The van der Waals surface area contributed by atoms with Crippen molar-refractivity contribution >= 4 is 0 Å². The van der Waals surface area contributed by atoms with Crippen LogP contribution in [0.1, 0.15) is 12.8 Å². The van der Waals surface area contributed by atoms with E-state index >= 15 is 0 Å². The Hall–Kier alpha value is -0.860. The maximum absolute atomic E-state index is 6.16. The largest absolute Gasteiger partial charge is 0.326 e. The van der Waals surface area contributed by atoms with Crippen LogP contribution in [0, 0.1) is 11.8 Å². The molecule has 78 valence electrons. The first-order valence-electron chi connectivity index (χ1n) is 5.00. The maximum atomic E-state index is 6.16. The third-order valence-corrected chi connectivity index (χ3v) is 3.34. The Morgan fingerprint density at radius 3 is 2.14 bits per heavy atom. The standard InChI is InChI=1S/C12H20N2/c1-4-9-7-11(13)12(14,6-3)8-10(9)5-2/h4-6,9-11H,1-3,7-8,13-14H2. The monoisotopic (exact) mass is 192 g/mol. The molecule has 0 radical (unpaired) electrons. The van der Waals surface area contributed by atoms with Gasteiger partial charge in [0.1, 0.15) is 0 Å². The highest BCUT2D eigenvalue weighted by Crippen LogP contribution is 2.36. The molecule has 2 nitrogen and oxygen atoms in total. The van der Waals surface area contributed by atoms with E-state index in [0.29, 0.717) is 11.8 Å². The summed E-state index contributed by atoms with van der Waals surface area (Å²) in [6.45, 7) is 11.4. The fourth-order valence-corrected chi connectivity index (χ4v) is 2.16. The molecule has 2 heteroatoms. The van der Waals surface area contributed by atoms with E-state index in [-0.39, 0.29) is 6.04 Å². The van der Waals surface area contributed by atoms with Gasteiger partial charge in [-0.15, -0.1) is 19.7 Å². The van der Waals surface area contributed by atoms with Crippen LogP contribution in [0.2, 0.25) is 0 Å². The average Bonchev–Trinajstić information content (AvgIpc) is 2.21. The van der Waals surface area contributed by atoms with Gasteiger partial charge in [-0.1, -0.05) is 18.2 Å². The Kier molecular flexibility index (Phi) is 3.29. The van der Waals surface area contributed by atoms with E-state index in [2.05, 4.69) is 19.7 Å². The first-order valence-corrected chi connectivity index (χ1v) is 5.00. The summed E-state index contributed by atoms with van der Waals surface area (Å²) >= 11 is 0. The summed E-state index contributed by atoms with van der Waals surface area (Å²) in [5.74, 6) is 0.773. The Bertz CT molecular complexity index is 247. The second kappa shape index (κ2) is 4.11. The van der Waals surface area contributed by atoms with Gasteiger partial charge in [-0.25, -0.2) is 0 Å². The van der Waals surface area contributed by atoms with Crippen molar-refractivity contribution in [1.82, 2.24) is 0 Å². The van der Waals surface area contributed by atoms with Gasteiger partial charge in [0, 0.05) is 11.6 Å². The molecule has 0 spiro atoms. The summed E-state index contributed by atoms with van der Waals surface area (Å²) in [6, 6.07) is -0.0285. The third-order valence-electron chi connectivity index (χ3n) is 3.34. The molecule has 0 heterocycles. The van der Waals surface area contributed by atoms with Crippen molar-refractivity contribution in [3.63, 3.8) is 0 Å². The highest BCUT2D eigenvalue weighted by molar-refractivity contribution is 5.15. The predicted molar refractivity (Wildman–Crippen MR) is 61.7 cm³/mol. The molecule has 0 amide bonds. The Balaban J connectivity index is 2.86. The first kappa shape index (κ1) is 11.2. The second-order valence-electron chi connectivity index (χ2n) is 4.16. The van der Waals surface area contributed by atoms with Gasteiger partial charge >= 0.3 is 0 Å². The van der Waals surface area contributed by atoms with E-state index in [0.717, 1.165) is 12.8 Å². The lowest BCUT2D eigenvalue weighted by Gasteiger charge is -2.43. The molecule has 0 aliphatic heterocycles. The van der Waals surface area contributed by atoms with Gasteiger partial charge in [-0.05, 0) is 24.7 Å². The van der Waals surface area contributed by atoms with Crippen molar-refractivity contribution in [1.29, 1.82) is 0 Å². The summed E-state index contributed by atoms with van der Waals surface area (Å²) in [6.07, 6.45) is 7.35. The molecule has 4 N–H and O–H groups in total. The smallest absolute Gasteiger partial charge is 0.0496 e. The first-order chi connectivity index (χ1) is 6.57. The van der Waals surface area contributed by atoms with Crippen LogP contribution < -0.4 is 11.5 Å². The van der Waals surface area contributed by atoms with Gasteiger partial charge in [0.15, 0.2) is 0 Å². The molecule has 1 aliphatic rings. The van der Waals surface area contributed by atoms with Gasteiger partial charge in [0.05, 0.1) is 0 Å². The molecular weight excluding hydrogens is 172 g/mol. The highest BCUT2D eigenvalue weighted by Gasteiger charge is 2.39. The van der Waals surface area contributed by atoms with Gasteiger partial charge < -0.3 is 11.5 Å². The lowest BCUT2D eigenvalue weighted by Crippen LogP contribution is -2.58. The molecule has 14 heavy (non-hydrogen) atoms. The van der Waals surface area contributed by atoms with Crippen LogP contribution in [-0.4, -0.2) is 11.6 Å². The molecule has 0 bridgehead atoms. The SMILES string of the molecule is C=CC1CC(N)C(N)(C=C)CC1C=C. The summed E-state index contributed by atoms with van der Waals surface area (Å²) in [7, 11) is 0. The minimum Gasteiger partial charge on any atom is -0.326 e. The van der Waals surface area contributed by atoms with Gasteiger partial charge in [-0.3, -0.25) is 0 Å². The molecule has 0 saturated heterocycles. The van der Waals surface area contributed by atoms with Crippen LogP contribution in [0.5, 0.6) is 0 Å². The predicted octanol–water partition coefficient (Wildman–Crippen LogP) is 1.60. The molecule has 0 aromatic heterocycles. The lowest BCUT2D eigenvalue weighted by molar-refractivity contribution is 0.219. The van der Waals surface area contributed by atoms with E-state index in [9.17, 15) is 0 Å². The Morgan fingerprint density at radius 1 is 1.14 bits per heavy atom. The Labute approximate surface area is 86.4 Å². The zero-order valence-electron chi connectivity index (χ0n) is 8.65. The van der Waals surface area contributed by atoms with Crippen LogP contribution in [0.4, 0.5) is 0 Å². The molecular formula is C12H20N2. The number of hydrogen-bond donors (Lipinski definition) is 2. The fourth-order valence-electron chi connectivity index (χ4n) is 2.16. The summed E-state index contributed by atoms with van der Waals surface area (Å²) in [5.41, 5.74) is 11.7. The van der Waals surface area contributed by atoms with Gasteiger partial charge in [-0.2, -0.15) is 0 Å². The number of allylic oxidation sites excluding steroid dienone is 2. The van der Waals surface area contributed by atoms with Crippen molar-refractivity contribution in [2.24, 2.45) is 23.3 Å². The van der Waals surface area contributed by atoms with Crippen molar-refractivity contribution < 1.29 is 0 Å². The van der Waals surface area contributed by atoms with Gasteiger partial charge in [0.2, 0.25) is 0 Å². The molecule has 1 saturated carbocycles. The Morgan fingerprint density at radius 2 is 1.71 bits per heavy atom. The molecule has 1 rings (SSSR count). The molecule has 0 aromatic rings. The van der Waals surface area contributed by atoms with Gasteiger partial charge in [0.25, 0.3) is 0 Å². The van der Waals surface area contributed by atoms with Crippen molar-refractivity contribution in [3.8, 4) is 0 Å². The zero-order chi connectivity index (χ0) is 10.8. The summed E-state index contributed by atoms with van der Waals surface area (Å²) in [5, 5.41) is 0. The van der Waals surface area contributed by atoms with Crippen LogP contribution in [0.15, 0.2) is 38.0 Å². The fraction of sp³-hybridized carbons (Fsp3) is 0.500. The molecule has 4 unspecified atom stereocenters. The summed E-state index contributed by atoms with van der Waals surface area (Å²) < 4.78 is 0. The quantitative estimate of drug-likeness (QED) is 0.667. The molecule has 1 aliphatic carbocycles. The highest BCUT2D eigenvalue weighted by atomic mass is 14.9. The average molecular weight is 192 g/mol. The number of nitrogens with two attached hydrogens (primary N) is 2. The van der Waals surface area contributed by atoms with Crippen molar-refractivity contribution in [2.45, 2.75) is 24.4 Å². The molecule has 0 aromatic carbocycles. The van der Waals surface area contributed by atoms with E-state index < -0.39 is 5.54 Å². The number of hydrogen-bond acceptors (Lipinski definition) is 2. The molecule has 1 fully saturated rings.